The number of hydrogen-bond acceptors (Lipinski definition) is 8. The van der Waals surface area contributed by atoms with E-state index in [1.807, 2.05) is 86.6 Å². The van der Waals surface area contributed by atoms with Crippen LogP contribution in [0.2, 0.25) is 0 Å². The molecule has 0 bridgehead atoms. The van der Waals surface area contributed by atoms with Gasteiger partial charge < -0.3 is 29.6 Å². The summed E-state index contributed by atoms with van der Waals surface area (Å²) in [7, 11) is 6.36. The van der Waals surface area contributed by atoms with Gasteiger partial charge in [-0.25, -0.2) is 9.97 Å². The van der Waals surface area contributed by atoms with Gasteiger partial charge in [-0.3, -0.25) is 9.59 Å². The van der Waals surface area contributed by atoms with Gasteiger partial charge in [0.2, 0.25) is 0 Å². The normalized spacial score (nSPS) is 11.3. The number of rotatable bonds is 12. The summed E-state index contributed by atoms with van der Waals surface area (Å²) in [5.74, 6) is 1.97. The molecule has 0 aliphatic carbocycles. The summed E-state index contributed by atoms with van der Waals surface area (Å²) in [4.78, 5) is 37.3. The predicted octanol–water partition coefficient (Wildman–Crippen LogP) is 7.34. The van der Waals surface area contributed by atoms with E-state index < -0.39 is 5.41 Å². The number of benzene rings is 4. The maximum absolute atomic E-state index is 13.8. The van der Waals surface area contributed by atoms with Crippen molar-refractivity contribution in [3.8, 4) is 45.5 Å². The van der Waals surface area contributed by atoms with Crippen LogP contribution in [0.25, 0.3) is 44.3 Å². The molecule has 0 spiro atoms. The van der Waals surface area contributed by atoms with Gasteiger partial charge in [-0.2, -0.15) is 0 Å². The zero-order chi connectivity index (χ0) is 36.1. The van der Waals surface area contributed by atoms with Gasteiger partial charge in [0.25, 0.3) is 11.8 Å². The molecule has 2 amide bonds. The minimum Gasteiger partial charge on any atom is -0.497 e. The fraction of sp³-hybridized carbons (Fsp3) is 0.220. The molecule has 6 aromatic rings. The SMILES string of the molecule is COc1ccc(-c2cc(C(=O)NCC(C)(C)CNC(=O)c3cc(-c4ccc(OC)cc4OC)nc4ccccc34)c3ccccc3n2)c(OC)c1. The van der Waals surface area contributed by atoms with E-state index in [1.165, 1.54) is 0 Å². The van der Waals surface area contributed by atoms with E-state index in [2.05, 4.69) is 10.6 Å². The Labute approximate surface area is 296 Å². The van der Waals surface area contributed by atoms with Crippen LogP contribution in [-0.2, 0) is 0 Å². The number of methoxy groups -OCH3 is 4. The third-order valence-corrected chi connectivity index (χ3v) is 8.75. The molecule has 51 heavy (non-hydrogen) atoms. The highest BCUT2D eigenvalue weighted by atomic mass is 16.5. The second-order valence-electron chi connectivity index (χ2n) is 12.8. The standard InChI is InChI=1S/C41H40N4O6/c1-41(2,23-42-39(46)31-21-35(44-33-13-9-7-11-27(31)33)29-17-15-25(48-3)19-37(29)50-5)24-43-40(47)32-22-36(45-34-14-10-8-12-28(32)34)30-18-16-26(49-4)20-38(30)51-6/h7-22H,23-24H2,1-6H3,(H,42,46)(H,43,47). The van der Waals surface area contributed by atoms with E-state index in [9.17, 15) is 9.59 Å². The molecule has 260 valence electrons. The quantitative estimate of drug-likeness (QED) is 0.137. The van der Waals surface area contributed by atoms with E-state index in [4.69, 9.17) is 28.9 Å². The summed E-state index contributed by atoms with van der Waals surface area (Å²) in [5, 5.41) is 7.65. The van der Waals surface area contributed by atoms with Crippen LogP contribution in [0, 0.1) is 5.41 Å². The Kier molecular flexibility index (Phi) is 10.0. The van der Waals surface area contributed by atoms with Crippen molar-refractivity contribution in [1.82, 2.24) is 20.6 Å². The molecule has 2 aromatic heterocycles. The molecule has 4 aromatic carbocycles. The summed E-state index contributed by atoms with van der Waals surface area (Å²) in [6, 6.07) is 29.6. The molecule has 0 radical (unpaired) electrons. The number of amides is 2. The lowest BCUT2D eigenvalue weighted by molar-refractivity contribution is 0.0921. The van der Waals surface area contributed by atoms with Gasteiger partial charge in [0.15, 0.2) is 0 Å². The van der Waals surface area contributed by atoms with Crippen molar-refractivity contribution in [2.45, 2.75) is 13.8 Å². The fourth-order valence-electron chi connectivity index (χ4n) is 5.91. The van der Waals surface area contributed by atoms with Crippen LogP contribution in [0.4, 0.5) is 0 Å². The van der Waals surface area contributed by atoms with E-state index in [0.717, 1.165) is 21.9 Å². The van der Waals surface area contributed by atoms with Crippen LogP contribution in [0.3, 0.4) is 0 Å². The molecule has 10 nitrogen and oxygen atoms in total. The monoisotopic (exact) mass is 684 g/mol. The van der Waals surface area contributed by atoms with Crippen molar-refractivity contribution in [3.05, 3.63) is 108 Å². The lowest BCUT2D eigenvalue weighted by atomic mass is 9.92. The molecule has 2 N–H and O–H groups in total. The van der Waals surface area contributed by atoms with Crippen molar-refractivity contribution in [3.63, 3.8) is 0 Å². The largest absolute Gasteiger partial charge is 0.497 e. The van der Waals surface area contributed by atoms with E-state index >= 15 is 0 Å². The highest BCUT2D eigenvalue weighted by molar-refractivity contribution is 6.08. The Hall–Kier alpha value is -6.16. The second kappa shape index (κ2) is 14.8. The average Bonchev–Trinajstić information content (AvgIpc) is 3.17. The number of para-hydroxylation sites is 2. The number of aromatic nitrogens is 2. The van der Waals surface area contributed by atoms with Gasteiger partial charge in [0.1, 0.15) is 23.0 Å². The Bertz CT molecular complexity index is 2090. The first-order valence-electron chi connectivity index (χ1n) is 16.5. The summed E-state index contributed by atoms with van der Waals surface area (Å²) in [5.41, 5.74) is 4.50. The third-order valence-electron chi connectivity index (χ3n) is 8.75. The van der Waals surface area contributed by atoms with Crippen LogP contribution >= 0.6 is 0 Å². The van der Waals surface area contributed by atoms with Crippen molar-refractivity contribution < 1.29 is 28.5 Å². The minimum absolute atomic E-state index is 0.250. The number of pyridine rings is 2. The molecule has 6 rings (SSSR count). The van der Waals surface area contributed by atoms with Gasteiger partial charge in [-0.05, 0) is 53.9 Å². The highest BCUT2D eigenvalue weighted by Gasteiger charge is 2.24. The Morgan fingerprint density at radius 2 is 0.980 bits per heavy atom. The van der Waals surface area contributed by atoms with Crippen LogP contribution in [0.5, 0.6) is 23.0 Å². The first-order chi connectivity index (χ1) is 24.6. The smallest absolute Gasteiger partial charge is 0.252 e. The maximum Gasteiger partial charge on any atom is 0.252 e. The molecule has 0 fully saturated rings. The summed E-state index contributed by atoms with van der Waals surface area (Å²) < 4.78 is 22.0. The van der Waals surface area contributed by atoms with Crippen molar-refractivity contribution in [2.24, 2.45) is 5.41 Å². The van der Waals surface area contributed by atoms with Crippen molar-refractivity contribution in [1.29, 1.82) is 0 Å². The number of nitrogens with zero attached hydrogens (tertiary/aromatic N) is 2. The summed E-state index contributed by atoms with van der Waals surface area (Å²) in [6.07, 6.45) is 0. The molecule has 0 atom stereocenters. The number of nitrogens with one attached hydrogen (secondary N) is 2. The highest BCUT2D eigenvalue weighted by Crippen LogP contribution is 2.36. The Morgan fingerprint density at radius 3 is 1.37 bits per heavy atom. The Morgan fingerprint density at radius 1 is 0.569 bits per heavy atom. The molecular weight excluding hydrogens is 644 g/mol. The number of fused-ring (bicyclic) bond motifs is 2. The van der Waals surface area contributed by atoms with E-state index in [-0.39, 0.29) is 11.8 Å². The van der Waals surface area contributed by atoms with Gasteiger partial charge in [0, 0.05) is 47.1 Å². The minimum atomic E-state index is -0.499. The number of ether oxygens (including phenoxy) is 4. The molecule has 2 heterocycles. The first-order valence-corrected chi connectivity index (χ1v) is 16.5. The number of hydrogen-bond donors (Lipinski definition) is 2. The van der Waals surface area contributed by atoms with Gasteiger partial charge in [-0.15, -0.1) is 0 Å². The number of carbonyl (C=O) groups is 2. The van der Waals surface area contributed by atoms with Crippen molar-refractivity contribution >= 4 is 33.6 Å². The average molecular weight is 685 g/mol. The second-order valence-corrected chi connectivity index (χ2v) is 12.8. The fourth-order valence-corrected chi connectivity index (χ4v) is 5.91. The lowest BCUT2D eigenvalue weighted by Crippen LogP contribution is -2.42. The van der Waals surface area contributed by atoms with Gasteiger partial charge in [-0.1, -0.05) is 50.2 Å². The molecular formula is C41H40N4O6. The zero-order valence-electron chi connectivity index (χ0n) is 29.5. The van der Waals surface area contributed by atoms with Crippen LogP contribution < -0.4 is 29.6 Å². The van der Waals surface area contributed by atoms with Crippen LogP contribution in [-0.4, -0.2) is 63.3 Å². The molecule has 0 saturated carbocycles. The molecule has 0 saturated heterocycles. The predicted molar refractivity (Wildman–Crippen MR) is 199 cm³/mol. The third kappa shape index (κ3) is 7.40. The summed E-state index contributed by atoms with van der Waals surface area (Å²) >= 11 is 0. The molecule has 0 unspecified atom stereocenters. The zero-order valence-corrected chi connectivity index (χ0v) is 29.5. The summed E-state index contributed by atoms with van der Waals surface area (Å²) in [6.45, 7) is 4.58. The molecule has 10 heteroatoms. The molecule has 0 aliphatic heterocycles. The Balaban J connectivity index is 1.21. The van der Waals surface area contributed by atoms with Gasteiger partial charge >= 0.3 is 0 Å². The van der Waals surface area contributed by atoms with E-state index in [1.54, 1.807) is 52.7 Å². The lowest BCUT2D eigenvalue weighted by Gasteiger charge is -2.26. The van der Waals surface area contributed by atoms with Crippen LogP contribution in [0.15, 0.2) is 97.1 Å². The maximum atomic E-state index is 13.8. The van der Waals surface area contributed by atoms with Crippen LogP contribution in [0.1, 0.15) is 34.6 Å². The van der Waals surface area contributed by atoms with Crippen molar-refractivity contribution in [2.75, 3.05) is 41.5 Å². The topological polar surface area (TPSA) is 121 Å². The van der Waals surface area contributed by atoms with E-state index in [0.29, 0.717) is 69.6 Å². The molecule has 0 aliphatic rings. The number of carbonyl (C=O) groups excluding carboxylic acids is 2. The van der Waals surface area contributed by atoms with Gasteiger partial charge in [0.05, 0.1) is 62.0 Å². The first kappa shape index (κ1) is 34.7.